The van der Waals surface area contributed by atoms with E-state index in [4.69, 9.17) is 4.74 Å². The molecule has 6 nitrogen and oxygen atoms in total. The highest BCUT2D eigenvalue weighted by atomic mass is 32.1. The van der Waals surface area contributed by atoms with Crippen molar-refractivity contribution in [1.82, 2.24) is 15.5 Å². The van der Waals surface area contributed by atoms with Crippen LogP contribution in [0.25, 0.3) is 0 Å². The van der Waals surface area contributed by atoms with Crippen LogP contribution in [0.4, 0.5) is 5.13 Å². The van der Waals surface area contributed by atoms with Crippen molar-refractivity contribution in [2.45, 2.75) is 33.1 Å². The zero-order valence-corrected chi connectivity index (χ0v) is 12.4. The lowest BCUT2D eigenvalue weighted by atomic mass is 10.4. The summed E-state index contributed by atoms with van der Waals surface area (Å²) in [6.45, 7) is 7.03. The molecule has 0 aromatic carbocycles. The molecule has 0 saturated heterocycles. The minimum atomic E-state index is -0.169. The summed E-state index contributed by atoms with van der Waals surface area (Å²) in [6, 6.07) is 0. The number of nitrogens with zero attached hydrogens (tertiary/aromatic N) is 2. The molecule has 19 heavy (non-hydrogen) atoms. The maximum atomic E-state index is 11.7. The summed E-state index contributed by atoms with van der Waals surface area (Å²) in [5.41, 5.74) is 0. The standard InChI is InChI=1S/C12H22N4O2S/c1-3-6-14-12-16-15-11(19-12)10(17)13-7-5-9-18-8-4-2/h3-9H2,1-2H3,(H,13,17)(H,14,16). The number of hydrogen-bond acceptors (Lipinski definition) is 6. The van der Waals surface area contributed by atoms with Gasteiger partial charge in [0, 0.05) is 26.3 Å². The molecule has 2 N–H and O–H groups in total. The van der Waals surface area contributed by atoms with Gasteiger partial charge in [-0.1, -0.05) is 25.2 Å². The molecule has 1 rings (SSSR count). The molecule has 0 aliphatic rings. The second-order valence-electron chi connectivity index (χ2n) is 4.06. The van der Waals surface area contributed by atoms with Gasteiger partial charge in [0.2, 0.25) is 10.1 Å². The summed E-state index contributed by atoms with van der Waals surface area (Å²) < 4.78 is 5.33. The fraction of sp³-hybridized carbons (Fsp3) is 0.750. The van der Waals surface area contributed by atoms with E-state index in [-0.39, 0.29) is 5.91 Å². The van der Waals surface area contributed by atoms with E-state index in [0.717, 1.165) is 32.4 Å². The van der Waals surface area contributed by atoms with Gasteiger partial charge in [0.05, 0.1) is 0 Å². The van der Waals surface area contributed by atoms with Gasteiger partial charge in [-0.3, -0.25) is 4.79 Å². The van der Waals surface area contributed by atoms with E-state index in [0.29, 0.717) is 23.3 Å². The Kier molecular flexibility index (Phi) is 8.08. The molecule has 0 fully saturated rings. The lowest BCUT2D eigenvalue weighted by molar-refractivity contribution is 0.0940. The zero-order chi connectivity index (χ0) is 13.9. The van der Waals surface area contributed by atoms with E-state index < -0.39 is 0 Å². The zero-order valence-electron chi connectivity index (χ0n) is 11.6. The van der Waals surface area contributed by atoms with Crippen LogP contribution >= 0.6 is 11.3 Å². The molecule has 1 aromatic rings. The van der Waals surface area contributed by atoms with Crippen LogP contribution in [0, 0.1) is 0 Å². The van der Waals surface area contributed by atoms with Gasteiger partial charge in [-0.15, -0.1) is 10.2 Å². The summed E-state index contributed by atoms with van der Waals surface area (Å²) in [5.74, 6) is -0.169. The lowest BCUT2D eigenvalue weighted by Gasteiger charge is -2.03. The second kappa shape index (κ2) is 9.69. The van der Waals surface area contributed by atoms with Gasteiger partial charge in [0.1, 0.15) is 0 Å². The van der Waals surface area contributed by atoms with Gasteiger partial charge in [0.15, 0.2) is 0 Å². The molecule has 0 bridgehead atoms. The van der Waals surface area contributed by atoms with Gasteiger partial charge in [-0.05, 0) is 19.3 Å². The Morgan fingerprint density at radius 3 is 2.79 bits per heavy atom. The molecule has 0 spiro atoms. The first-order valence-corrected chi connectivity index (χ1v) is 7.52. The van der Waals surface area contributed by atoms with Crippen LogP contribution < -0.4 is 10.6 Å². The maximum absolute atomic E-state index is 11.7. The van der Waals surface area contributed by atoms with Gasteiger partial charge in [-0.2, -0.15) is 0 Å². The van der Waals surface area contributed by atoms with Crippen molar-refractivity contribution in [2.24, 2.45) is 0 Å². The van der Waals surface area contributed by atoms with E-state index in [1.807, 2.05) is 0 Å². The number of nitrogens with one attached hydrogen (secondary N) is 2. The second-order valence-corrected chi connectivity index (χ2v) is 5.04. The van der Waals surface area contributed by atoms with Crippen LogP contribution in [0.2, 0.25) is 0 Å². The summed E-state index contributed by atoms with van der Waals surface area (Å²) in [4.78, 5) is 11.7. The first-order valence-electron chi connectivity index (χ1n) is 6.71. The number of carbonyl (C=O) groups excluding carboxylic acids is 1. The van der Waals surface area contributed by atoms with E-state index >= 15 is 0 Å². The minimum absolute atomic E-state index is 0.169. The van der Waals surface area contributed by atoms with E-state index in [1.165, 1.54) is 11.3 Å². The quantitative estimate of drug-likeness (QED) is 0.643. The van der Waals surface area contributed by atoms with E-state index in [1.54, 1.807) is 0 Å². The third kappa shape index (κ3) is 6.49. The van der Waals surface area contributed by atoms with Gasteiger partial charge < -0.3 is 15.4 Å². The van der Waals surface area contributed by atoms with E-state index in [9.17, 15) is 4.79 Å². The predicted octanol–water partition coefficient (Wildman–Crippen LogP) is 1.91. The molecule has 0 atom stereocenters. The summed E-state index contributed by atoms with van der Waals surface area (Å²) >= 11 is 1.28. The Labute approximate surface area is 118 Å². The molecule has 108 valence electrons. The molecule has 0 aliphatic carbocycles. The third-order valence-corrected chi connectivity index (χ3v) is 3.12. The third-order valence-electron chi connectivity index (χ3n) is 2.24. The number of aromatic nitrogens is 2. The smallest absolute Gasteiger partial charge is 0.282 e. The molecule has 1 aromatic heterocycles. The normalized spacial score (nSPS) is 10.4. The monoisotopic (exact) mass is 286 g/mol. The highest BCUT2D eigenvalue weighted by molar-refractivity contribution is 7.17. The van der Waals surface area contributed by atoms with Crippen LogP contribution in [0.5, 0.6) is 0 Å². The summed E-state index contributed by atoms with van der Waals surface area (Å²) in [6.07, 6.45) is 2.84. The molecule has 7 heteroatoms. The molecule has 0 aliphatic heterocycles. The molecule has 0 radical (unpaired) electrons. The molecular formula is C12H22N4O2S. The first-order chi connectivity index (χ1) is 9.27. The highest BCUT2D eigenvalue weighted by Gasteiger charge is 2.11. The average molecular weight is 286 g/mol. The number of anilines is 1. The van der Waals surface area contributed by atoms with Crippen LogP contribution in [-0.4, -0.2) is 42.4 Å². The molecule has 1 heterocycles. The van der Waals surface area contributed by atoms with Crippen molar-refractivity contribution in [3.05, 3.63) is 5.01 Å². The van der Waals surface area contributed by atoms with Crippen molar-refractivity contribution >= 4 is 22.4 Å². The molecular weight excluding hydrogens is 264 g/mol. The molecule has 0 unspecified atom stereocenters. The average Bonchev–Trinajstić information content (AvgIpc) is 2.89. The number of rotatable bonds is 10. The number of ether oxygens (including phenoxy) is 1. The first kappa shape index (κ1) is 15.8. The summed E-state index contributed by atoms with van der Waals surface area (Å²) in [7, 11) is 0. The predicted molar refractivity (Wildman–Crippen MR) is 76.7 cm³/mol. The Balaban J connectivity index is 2.20. The molecule has 0 saturated carbocycles. The van der Waals surface area contributed by atoms with Gasteiger partial charge >= 0.3 is 0 Å². The lowest BCUT2D eigenvalue weighted by Crippen LogP contribution is -2.25. The van der Waals surface area contributed by atoms with Crippen LogP contribution in [0.1, 0.15) is 42.9 Å². The van der Waals surface area contributed by atoms with Crippen molar-refractivity contribution in [3.63, 3.8) is 0 Å². The fourth-order valence-corrected chi connectivity index (χ4v) is 2.00. The van der Waals surface area contributed by atoms with Crippen LogP contribution in [-0.2, 0) is 4.74 Å². The molecule has 1 amide bonds. The topological polar surface area (TPSA) is 76.1 Å². The van der Waals surface area contributed by atoms with Crippen LogP contribution in [0.15, 0.2) is 0 Å². The van der Waals surface area contributed by atoms with Crippen LogP contribution in [0.3, 0.4) is 0 Å². The Morgan fingerprint density at radius 2 is 2.05 bits per heavy atom. The largest absolute Gasteiger partial charge is 0.381 e. The van der Waals surface area contributed by atoms with Gasteiger partial charge in [0.25, 0.3) is 5.91 Å². The highest BCUT2D eigenvalue weighted by Crippen LogP contribution is 2.14. The SMILES string of the molecule is CCCNc1nnc(C(=O)NCCCOCCC)s1. The van der Waals surface area contributed by atoms with Crippen molar-refractivity contribution in [3.8, 4) is 0 Å². The van der Waals surface area contributed by atoms with Gasteiger partial charge in [-0.25, -0.2) is 0 Å². The number of hydrogen-bond donors (Lipinski definition) is 2. The Morgan fingerprint density at radius 1 is 1.21 bits per heavy atom. The van der Waals surface area contributed by atoms with E-state index in [2.05, 4.69) is 34.7 Å². The van der Waals surface area contributed by atoms with Crippen molar-refractivity contribution in [1.29, 1.82) is 0 Å². The fourth-order valence-electron chi connectivity index (χ4n) is 1.32. The van der Waals surface area contributed by atoms with Crippen molar-refractivity contribution in [2.75, 3.05) is 31.6 Å². The maximum Gasteiger partial charge on any atom is 0.282 e. The number of carbonyl (C=O) groups is 1. The Bertz CT molecular complexity index is 370. The van der Waals surface area contributed by atoms with Crippen molar-refractivity contribution < 1.29 is 9.53 Å². The summed E-state index contributed by atoms with van der Waals surface area (Å²) in [5, 5.41) is 14.8. The minimum Gasteiger partial charge on any atom is -0.381 e. The Hall–Kier alpha value is -1.21. The number of amides is 1.